The largest absolute Gasteiger partial charge is 0.371 e. The van der Waals surface area contributed by atoms with Crippen molar-refractivity contribution in [2.75, 3.05) is 25.0 Å². The summed E-state index contributed by atoms with van der Waals surface area (Å²) >= 11 is 0. The van der Waals surface area contributed by atoms with Gasteiger partial charge in [0.15, 0.2) is 5.78 Å². The molecule has 4 heterocycles. The number of ketones is 1. The molecule has 266 valence electrons. The zero-order chi connectivity index (χ0) is 36.6. The maximum Gasteiger partial charge on any atom is 0.258 e. The number of hydrogen-bond acceptors (Lipinski definition) is 7. The van der Waals surface area contributed by atoms with Crippen molar-refractivity contribution in [2.24, 2.45) is 0 Å². The maximum absolute atomic E-state index is 15.4. The van der Waals surface area contributed by atoms with Gasteiger partial charge in [0, 0.05) is 71.9 Å². The molecule has 0 spiro atoms. The summed E-state index contributed by atoms with van der Waals surface area (Å²) in [6.45, 7) is 8.74. The zero-order valence-electron chi connectivity index (χ0n) is 29.9. The van der Waals surface area contributed by atoms with E-state index in [1.807, 2.05) is 25.2 Å². The average molecular weight is 701 g/mol. The first-order chi connectivity index (χ1) is 24.9. The van der Waals surface area contributed by atoms with Crippen LogP contribution in [0.2, 0.25) is 0 Å². The molecule has 1 atom stereocenters. The van der Waals surface area contributed by atoms with Crippen LogP contribution in [0.15, 0.2) is 42.5 Å². The minimum absolute atomic E-state index is 0.0119. The lowest BCUT2D eigenvalue weighted by molar-refractivity contribution is -0.136. The summed E-state index contributed by atoms with van der Waals surface area (Å²) in [6, 6.07) is 14.7. The van der Waals surface area contributed by atoms with Crippen LogP contribution < -0.4 is 10.2 Å². The molecule has 1 aromatic heterocycles. The molecule has 2 fully saturated rings. The number of aromatic nitrogens is 1. The SMILES string of the molecule is CCc1cc2c(cc1N1CCC(N(C)Cc3cc(F)c4c(c3)CN(C3CCC(=O)NC3=O)C4=O)CC1)C(C)(C)c1[nH]c3cc(C#N)ccc3c1C2=O. The number of H-pyrrole nitrogens is 1. The van der Waals surface area contributed by atoms with Crippen LogP contribution in [0.5, 0.6) is 0 Å². The molecule has 2 saturated heterocycles. The summed E-state index contributed by atoms with van der Waals surface area (Å²) in [5.41, 5.74) is 7.84. The van der Waals surface area contributed by atoms with Crippen LogP contribution in [-0.4, -0.2) is 70.5 Å². The van der Waals surface area contributed by atoms with E-state index in [0.717, 1.165) is 76.9 Å². The van der Waals surface area contributed by atoms with Gasteiger partial charge in [-0.05, 0) is 85.3 Å². The number of hydrogen-bond donors (Lipinski definition) is 2. The van der Waals surface area contributed by atoms with Crippen LogP contribution in [-0.2, 0) is 34.5 Å². The highest BCUT2D eigenvalue weighted by molar-refractivity contribution is 6.20. The van der Waals surface area contributed by atoms with E-state index in [2.05, 4.69) is 59.1 Å². The summed E-state index contributed by atoms with van der Waals surface area (Å²) in [6.07, 6.45) is 2.98. The number of amides is 3. The number of nitrogens with one attached hydrogen (secondary N) is 2. The Kier molecular flexibility index (Phi) is 8.06. The number of fused-ring (bicyclic) bond motifs is 5. The van der Waals surface area contributed by atoms with E-state index in [1.54, 1.807) is 6.07 Å². The van der Waals surface area contributed by atoms with Gasteiger partial charge in [-0.2, -0.15) is 5.26 Å². The number of carbonyl (C=O) groups is 4. The Morgan fingerprint density at radius 3 is 2.50 bits per heavy atom. The second kappa shape index (κ2) is 12.4. The Bertz CT molecular complexity index is 2260. The first-order valence-electron chi connectivity index (χ1n) is 18.1. The Balaban J connectivity index is 0.980. The molecule has 10 nitrogen and oxygen atoms in total. The number of piperidine rings is 2. The standard InChI is InChI=1S/C41H41FN6O4/c1-5-24-17-28-29(41(2,3)38-36(37(28)50)27-7-6-22(19-43)16-31(27)44-38)18-33(24)47-12-10-26(11-13-47)46(4)20-23-14-25-21-48(40(52)35(25)30(42)15-23)32-8-9-34(49)45-39(32)51/h6-7,14-18,26,32,44H,5,8-13,20-21H2,1-4H3,(H,45,49,51). The highest BCUT2D eigenvalue weighted by Crippen LogP contribution is 2.46. The maximum atomic E-state index is 15.4. The van der Waals surface area contributed by atoms with Gasteiger partial charge >= 0.3 is 0 Å². The minimum Gasteiger partial charge on any atom is -0.371 e. The van der Waals surface area contributed by atoms with Gasteiger partial charge in [-0.3, -0.25) is 29.4 Å². The van der Waals surface area contributed by atoms with Crippen molar-refractivity contribution in [3.8, 4) is 6.07 Å². The average Bonchev–Trinajstić information content (AvgIpc) is 3.68. The lowest BCUT2D eigenvalue weighted by atomic mass is 9.70. The van der Waals surface area contributed by atoms with Crippen molar-refractivity contribution < 1.29 is 23.6 Å². The number of imide groups is 1. The highest BCUT2D eigenvalue weighted by Gasteiger charge is 2.42. The molecule has 2 N–H and O–H groups in total. The Morgan fingerprint density at radius 1 is 1.02 bits per heavy atom. The second-order valence-electron chi connectivity index (χ2n) is 15.2. The highest BCUT2D eigenvalue weighted by atomic mass is 19.1. The second-order valence-corrected chi connectivity index (χ2v) is 15.2. The van der Waals surface area contributed by atoms with E-state index in [0.29, 0.717) is 23.2 Å². The van der Waals surface area contributed by atoms with Crippen molar-refractivity contribution >= 4 is 40.1 Å². The Labute approximate surface area is 301 Å². The first-order valence-corrected chi connectivity index (χ1v) is 18.1. The van der Waals surface area contributed by atoms with E-state index in [9.17, 15) is 24.4 Å². The fraction of sp³-hybridized carbons (Fsp3) is 0.390. The van der Waals surface area contributed by atoms with Gasteiger partial charge in [-0.25, -0.2) is 4.39 Å². The third-order valence-corrected chi connectivity index (χ3v) is 11.8. The van der Waals surface area contributed by atoms with Crippen molar-refractivity contribution in [1.29, 1.82) is 5.26 Å². The Morgan fingerprint density at radius 2 is 1.79 bits per heavy atom. The molecule has 4 aliphatic rings. The summed E-state index contributed by atoms with van der Waals surface area (Å²) < 4.78 is 15.4. The van der Waals surface area contributed by atoms with Crippen LogP contribution >= 0.6 is 0 Å². The van der Waals surface area contributed by atoms with Crippen LogP contribution in [0.25, 0.3) is 10.9 Å². The number of anilines is 1. The lowest BCUT2D eigenvalue weighted by Gasteiger charge is -2.40. The smallest absolute Gasteiger partial charge is 0.258 e. The number of aryl methyl sites for hydroxylation is 1. The molecule has 0 saturated carbocycles. The summed E-state index contributed by atoms with van der Waals surface area (Å²) in [4.78, 5) is 60.9. The van der Waals surface area contributed by atoms with Crippen molar-refractivity contribution in [3.05, 3.63) is 98.5 Å². The van der Waals surface area contributed by atoms with E-state index in [-0.39, 0.29) is 42.7 Å². The number of carbonyl (C=O) groups excluding carboxylic acids is 4. The molecule has 4 aromatic rings. The van der Waals surface area contributed by atoms with Gasteiger partial charge in [0.25, 0.3) is 5.91 Å². The molecule has 11 heteroatoms. The van der Waals surface area contributed by atoms with Crippen molar-refractivity contribution in [3.63, 3.8) is 0 Å². The molecule has 1 aliphatic carbocycles. The van der Waals surface area contributed by atoms with Gasteiger partial charge in [-0.15, -0.1) is 0 Å². The number of nitrogens with zero attached hydrogens (tertiary/aromatic N) is 4. The van der Waals surface area contributed by atoms with E-state index < -0.39 is 29.1 Å². The van der Waals surface area contributed by atoms with Crippen LogP contribution in [0.4, 0.5) is 10.1 Å². The van der Waals surface area contributed by atoms with Crippen molar-refractivity contribution in [1.82, 2.24) is 20.1 Å². The van der Waals surface area contributed by atoms with Gasteiger partial charge in [0.2, 0.25) is 11.8 Å². The first kappa shape index (κ1) is 33.8. The van der Waals surface area contributed by atoms with Gasteiger partial charge in [-0.1, -0.05) is 32.9 Å². The molecule has 0 bridgehead atoms. The molecular weight excluding hydrogens is 659 g/mol. The number of nitriles is 1. The normalized spacial score (nSPS) is 19.9. The molecule has 3 aromatic carbocycles. The van der Waals surface area contributed by atoms with Gasteiger partial charge < -0.3 is 14.8 Å². The molecule has 0 radical (unpaired) electrons. The van der Waals surface area contributed by atoms with Gasteiger partial charge in [0.1, 0.15) is 11.9 Å². The quantitative estimate of drug-likeness (QED) is 0.255. The number of halogens is 1. The van der Waals surface area contributed by atoms with Crippen molar-refractivity contribution in [2.45, 2.75) is 83.5 Å². The minimum atomic E-state index is -0.784. The Hall–Kier alpha value is -5.34. The van der Waals surface area contributed by atoms with E-state index in [1.165, 1.54) is 11.0 Å². The van der Waals surface area contributed by atoms with Crippen LogP contribution in [0.1, 0.15) is 106 Å². The number of benzene rings is 3. The lowest BCUT2D eigenvalue weighted by Crippen LogP contribution is -2.52. The monoisotopic (exact) mass is 700 g/mol. The topological polar surface area (TPSA) is 130 Å². The van der Waals surface area contributed by atoms with Gasteiger partial charge in [0.05, 0.1) is 22.8 Å². The van der Waals surface area contributed by atoms with Crippen LogP contribution in [0, 0.1) is 17.1 Å². The summed E-state index contributed by atoms with van der Waals surface area (Å²) in [5, 5.41) is 12.6. The zero-order valence-corrected chi connectivity index (χ0v) is 29.9. The summed E-state index contributed by atoms with van der Waals surface area (Å²) in [5.74, 6) is -1.95. The number of aromatic amines is 1. The van der Waals surface area contributed by atoms with E-state index >= 15 is 4.39 Å². The van der Waals surface area contributed by atoms with E-state index in [4.69, 9.17) is 0 Å². The van der Waals surface area contributed by atoms with Crippen LogP contribution in [0.3, 0.4) is 0 Å². The molecule has 3 aliphatic heterocycles. The molecule has 3 amide bonds. The molecule has 1 unspecified atom stereocenters. The molecular formula is C41H41FN6O4. The fourth-order valence-electron chi connectivity index (χ4n) is 8.93. The predicted octanol–water partition coefficient (Wildman–Crippen LogP) is 5.47. The molecule has 8 rings (SSSR count). The fourth-order valence-corrected chi connectivity index (χ4v) is 8.93. The third kappa shape index (κ3) is 5.31. The number of rotatable bonds is 6. The third-order valence-electron chi connectivity index (χ3n) is 11.8. The molecule has 52 heavy (non-hydrogen) atoms. The summed E-state index contributed by atoms with van der Waals surface area (Å²) in [7, 11) is 2.05. The predicted molar refractivity (Wildman–Crippen MR) is 194 cm³/mol.